The SMILES string of the molecule is Cc1nn(C)c(C)c1/C=C1/NC(=S)N(C2CC2)C1=O. The zero-order chi connectivity index (χ0) is 13.7. The van der Waals surface area contributed by atoms with Crippen LogP contribution in [-0.2, 0) is 11.8 Å². The number of carbonyl (C=O) groups excluding carboxylic acids is 1. The van der Waals surface area contributed by atoms with Crippen molar-refractivity contribution in [1.29, 1.82) is 0 Å². The van der Waals surface area contributed by atoms with Crippen LogP contribution in [0.3, 0.4) is 0 Å². The second kappa shape index (κ2) is 4.16. The van der Waals surface area contributed by atoms with E-state index in [0.717, 1.165) is 29.8 Å². The number of rotatable bonds is 2. The first-order valence-corrected chi connectivity index (χ1v) is 6.76. The molecule has 100 valence electrons. The Hall–Kier alpha value is -1.69. The molecular formula is C13H16N4OS. The predicted octanol–water partition coefficient (Wildman–Crippen LogP) is 1.26. The van der Waals surface area contributed by atoms with E-state index in [0.29, 0.717) is 16.9 Å². The molecule has 6 heteroatoms. The molecule has 19 heavy (non-hydrogen) atoms. The predicted molar refractivity (Wildman–Crippen MR) is 76.3 cm³/mol. The van der Waals surface area contributed by atoms with Crippen molar-refractivity contribution >= 4 is 29.3 Å². The van der Waals surface area contributed by atoms with Gasteiger partial charge in [-0.15, -0.1) is 0 Å². The second-order valence-electron chi connectivity index (χ2n) is 5.10. The van der Waals surface area contributed by atoms with Crippen molar-refractivity contribution in [1.82, 2.24) is 20.0 Å². The van der Waals surface area contributed by atoms with E-state index in [4.69, 9.17) is 12.2 Å². The quantitative estimate of drug-likeness (QED) is 0.652. The standard InChI is InChI=1S/C13H16N4OS/c1-7-10(8(2)16(3)15-7)6-11-12(18)17(9-4-5-9)13(19)14-11/h6,9H,4-5H2,1-3H3,(H,14,19)/b11-6+. The van der Waals surface area contributed by atoms with Gasteiger partial charge in [0.25, 0.3) is 5.91 Å². The fourth-order valence-corrected chi connectivity index (χ4v) is 2.70. The molecule has 1 aliphatic carbocycles. The summed E-state index contributed by atoms with van der Waals surface area (Å²) in [4.78, 5) is 14.0. The third-order valence-electron chi connectivity index (χ3n) is 3.68. The summed E-state index contributed by atoms with van der Waals surface area (Å²) in [6.45, 7) is 3.93. The van der Waals surface area contributed by atoms with E-state index in [2.05, 4.69) is 10.4 Å². The first-order valence-electron chi connectivity index (χ1n) is 6.35. The normalized spacial score (nSPS) is 21.4. The summed E-state index contributed by atoms with van der Waals surface area (Å²) in [5.74, 6) is -0.0184. The fraction of sp³-hybridized carbons (Fsp3) is 0.462. The third kappa shape index (κ3) is 1.96. The molecule has 1 amide bonds. The Kier molecular flexibility index (Phi) is 2.70. The maximum absolute atomic E-state index is 12.3. The first-order chi connectivity index (χ1) is 8.99. The summed E-state index contributed by atoms with van der Waals surface area (Å²) < 4.78 is 1.82. The van der Waals surface area contributed by atoms with Crippen molar-refractivity contribution in [3.05, 3.63) is 22.6 Å². The topological polar surface area (TPSA) is 50.2 Å². The summed E-state index contributed by atoms with van der Waals surface area (Å²) in [7, 11) is 1.90. The van der Waals surface area contributed by atoms with Gasteiger partial charge >= 0.3 is 0 Å². The Morgan fingerprint density at radius 3 is 2.63 bits per heavy atom. The number of hydrogen-bond donors (Lipinski definition) is 1. The largest absolute Gasteiger partial charge is 0.328 e. The highest BCUT2D eigenvalue weighted by molar-refractivity contribution is 7.80. The van der Waals surface area contributed by atoms with Gasteiger partial charge in [0.1, 0.15) is 5.70 Å². The van der Waals surface area contributed by atoms with Crippen LogP contribution in [0.1, 0.15) is 29.8 Å². The summed E-state index contributed by atoms with van der Waals surface area (Å²) in [5.41, 5.74) is 3.49. The van der Waals surface area contributed by atoms with E-state index >= 15 is 0 Å². The van der Waals surface area contributed by atoms with Crippen molar-refractivity contribution in [3.63, 3.8) is 0 Å². The Morgan fingerprint density at radius 1 is 1.42 bits per heavy atom. The molecule has 0 bridgehead atoms. The number of hydrogen-bond acceptors (Lipinski definition) is 3. The Bertz CT molecular complexity index is 612. The van der Waals surface area contributed by atoms with E-state index in [1.54, 1.807) is 4.90 Å². The van der Waals surface area contributed by atoms with Crippen molar-refractivity contribution in [3.8, 4) is 0 Å². The molecule has 2 fully saturated rings. The molecule has 5 nitrogen and oxygen atoms in total. The Balaban J connectivity index is 1.96. The number of amides is 1. The Morgan fingerprint density at radius 2 is 2.11 bits per heavy atom. The molecular weight excluding hydrogens is 260 g/mol. The minimum Gasteiger partial charge on any atom is -0.328 e. The minimum absolute atomic E-state index is 0.0184. The minimum atomic E-state index is -0.0184. The molecule has 0 radical (unpaired) electrons. The summed E-state index contributed by atoms with van der Waals surface area (Å²) in [6.07, 6.45) is 3.95. The smallest absolute Gasteiger partial charge is 0.276 e. The number of thiocarbonyl (C=S) groups is 1. The summed E-state index contributed by atoms with van der Waals surface area (Å²) >= 11 is 5.23. The molecule has 2 aliphatic rings. The van der Waals surface area contributed by atoms with Gasteiger partial charge in [-0.2, -0.15) is 5.10 Å². The molecule has 0 unspecified atom stereocenters. The number of aryl methyl sites for hydroxylation is 2. The monoisotopic (exact) mass is 276 g/mol. The van der Waals surface area contributed by atoms with Crippen LogP contribution in [-0.4, -0.2) is 31.7 Å². The zero-order valence-corrected chi connectivity index (χ0v) is 12.0. The molecule has 1 N–H and O–H groups in total. The van der Waals surface area contributed by atoms with Crippen LogP contribution >= 0.6 is 12.2 Å². The molecule has 1 aromatic heterocycles. The molecule has 3 rings (SSSR count). The van der Waals surface area contributed by atoms with Gasteiger partial charge in [-0.3, -0.25) is 14.4 Å². The molecule has 0 atom stereocenters. The van der Waals surface area contributed by atoms with Gasteiger partial charge in [-0.1, -0.05) is 0 Å². The van der Waals surface area contributed by atoms with Crippen molar-refractivity contribution in [2.75, 3.05) is 0 Å². The maximum Gasteiger partial charge on any atom is 0.276 e. The van der Waals surface area contributed by atoms with Crippen LogP contribution in [0.4, 0.5) is 0 Å². The number of aromatic nitrogens is 2. The lowest BCUT2D eigenvalue weighted by Gasteiger charge is -2.11. The van der Waals surface area contributed by atoms with Crippen LogP contribution in [0.15, 0.2) is 5.70 Å². The lowest BCUT2D eigenvalue weighted by atomic mass is 10.1. The van der Waals surface area contributed by atoms with E-state index in [9.17, 15) is 4.79 Å². The van der Waals surface area contributed by atoms with Crippen LogP contribution in [0.25, 0.3) is 6.08 Å². The first kappa shape index (κ1) is 12.3. The highest BCUT2D eigenvalue weighted by Gasteiger charge is 2.41. The van der Waals surface area contributed by atoms with E-state index in [-0.39, 0.29) is 5.91 Å². The summed E-state index contributed by atoms with van der Waals surface area (Å²) in [6, 6.07) is 0.300. The van der Waals surface area contributed by atoms with Crippen LogP contribution in [0, 0.1) is 13.8 Å². The van der Waals surface area contributed by atoms with Crippen molar-refractivity contribution < 1.29 is 4.79 Å². The van der Waals surface area contributed by atoms with Gasteiger partial charge in [0.15, 0.2) is 5.11 Å². The average molecular weight is 276 g/mol. The molecule has 1 saturated carbocycles. The van der Waals surface area contributed by atoms with Gasteiger partial charge in [0.2, 0.25) is 0 Å². The van der Waals surface area contributed by atoms with Gasteiger partial charge in [0, 0.05) is 24.3 Å². The van der Waals surface area contributed by atoms with Gasteiger partial charge < -0.3 is 5.32 Å². The Labute approximate surface area is 117 Å². The lowest BCUT2D eigenvalue weighted by Crippen LogP contribution is -2.32. The molecule has 0 spiro atoms. The van der Waals surface area contributed by atoms with Gasteiger partial charge in [0.05, 0.1) is 5.69 Å². The van der Waals surface area contributed by atoms with Gasteiger partial charge in [-0.05, 0) is 45.0 Å². The number of nitrogens with one attached hydrogen (secondary N) is 1. The number of nitrogens with zero attached hydrogens (tertiary/aromatic N) is 3. The maximum atomic E-state index is 12.3. The molecule has 2 heterocycles. The molecule has 0 aromatic carbocycles. The lowest BCUT2D eigenvalue weighted by molar-refractivity contribution is -0.122. The molecule has 1 saturated heterocycles. The molecule has 1 aromatic rings. The second-order valence-corrected chi connectivity index (χ2v) is 5.49. The molecule has 1 aliphatic heterocycles. The van der Waals surface area contributed by atoms with E-state index in [1.165, 1.54) is 0 Å². The third-order valence-corrected chi connectivity index (χ3v) is 3.97. The van der Waals surface area contributed by atoms with Crippen LogP contribution in [0.2, 0.25) is 0 Å². The van der Waals surface area contributed by atoms with Crippen molar-refractivity contribution in [2.24, 2.45) is 7.05 Å². The van der Waals surface area contributed by atoms with Gasteiger partial charge in [-0.25, -0.2) is 0 Å². The van der Waals surface area contributed by atoms with E-state index in [1.807, 2.05) is 31.7 Å². The zero-order valence-electron chi connectivity index (χ0n) is 11.2. The fourth-order valence-electron chi connectivity index (χ4n) is 2.36. The highest BCUT2D eigenvalue weighted by atomic mass is 32.1. The van der Waals surface area contributed by atoms with E-state index < -0.39 is 0 Å². The summed E-state index contributed by atoms with van der Waals surface area (Å²) in [5, 5.41) is 7.89. The average Bonchev–Trinajstić information content (AvgIpc) is 3.09. The highest BCUT2D eigenvalue weighted by Crippen LogP contribution is 2.31. The van der Waals surface area contributed by atoms with Crippen molar-refractivity contribution in [2.45, 2.75) is 32.7 Å². The van der Waals surface area contributed by atoms with Crippen LogP contribution in [0.5, 0.6) is 0 Å². The number of carbonyl (C=O) groups is 1. The van der Waals surface area contributed by atoms with Crippen LogP contribution < -0.4 is 5.32 Å².